The second-order valence-electron chi connectivity index (χ2n) is 8.68. The summed E-state index contributed by atoms with van der Waals surface area (Å²) in [5, 5.41) is 1.01. The number of benzene rings is 1. The van der Waals surface area contributed by atoms with Crippen LogP contribution in [0, 0.1) is 6.57 Å². The Balaban J connectivity index is 1.37. The maximum Gasteiger partial charge on any atom is 0.410 e. The third-order valence-corrected chi connectivity index (χ3v) is 5.17. The fraction of sp³-hybridized carbons (Fsp3) is 0.375. The monoisotopic (exact) mass is 418 g/mol. The van der Waals surface area contributed by atoms with E-state index in [4.69, 9.17) is 16.0 Å². The Bertz CT molecular complexity index is 1110. The van der Waals surface area contributed by atoms with Crippen LogP contribution in [-0.4, -0.2) is 45.3 Å². The van der Waals surface area contributed by atoms with Gasteiger partial charge in [0.2, 0.25) is 0 Å². The molecule has 3 heterocycles. The lowest BCUT2D eigenvalue weighted by Crippen LogP contribution is -2.44. The number of hydrogen-bond acceptors (Lipinski definition) is 4. The second kappa shape index (κ2) is 8.31. The van der Waals surface area contributed by atoms with Crippen LogP contribution < -0.4 is 4.74 Å². The molecule has 1 aromatic carbocycles. The number of carbonyl (C=O) groups is 1. The molecule has 1 aliphatic rings. The van der Waals surface area contributed by atoms with Gasteiger partial charge >= 0.3 is 6.09 Å². The number of pyridine rings is 1. The second-order valence-corrected chi connectivity index (χ2v) is 8.68. The lowest BCUT2D eigenvalue weighted by molar-refractivity contribution is 0.0126. The first-order chi connectivity index (χ1) is 14.8. The molecule has 1 fully saturated rings. The van der Waals surface area contributed by atoms with Gasteiger partial charge < -0.3 is 18.9 Å². The molecular formula is C24H26N4O3. The summed E-state index contributed by atoms with van der Waals surface area (Å²) in [7, 11) is 0. The number of aromatic nitrogens is 2. The first-order valence-corrected chi connectivity index (χ1v) is 10.4. The van der Waals surface area contributed by atoms with E-state index in [0.717, 1.165) is 29.6 Å². The number of likely N-dealkylation sites (tertiary alicyclic amines) is 1. The molecule has 7 nitrogen and oxygen atoms in total. The van der Waals surface area contributed by atoms with E-state index in [1.807, 2.05) is 67.9 Å². The number of fused-ring (bicyclic) bond motifs is 1. The van der Waals surface area contributed by atoms with E-state index in [9.17, 15) is 4.79 Å². The smallest absolute Gasteiger partial charge is 0.410 e. The summed E-state index contributed by atoms with van der Waals surface area (Å²) in [5.41, 5.74) is 1.14. The molecule has 2 aromatic heterocycles. The minimum absolute atomic E-state index is 0.0470. The van der Waals surface area contributed by atoms with Crippen molar-refractivity contribution in [2.75, 3.05) is 13.1 Å². The third-order valence-electron chi connectivity index (χ3n) is 5.17. The molecule has 4 rings (SSSR count). The van der Waals surface area contributed by atoms with Gasteiger partial charge in [0.1, 0.15) is 23.3 Å². The Morgan fingerprint density at radius 3 is 2.58 bits per heavy atom. The van der Waals surface area contributed by atoms with Crippen molar-refractivity contribution in [3.05, 3.63) is 60.2 Å². The third kappa shape index (κ3) is 4.80. The fourth-order valence-corrected chi connectivity index (χ4v) is 3.66. The predicted octanol–water partition coefficient (Wildman–Crippen LogP) is 5.35. The Morgan fingerprint density at radius 2 is 1.94 bits per heavy atom. The Labute approximate surface area is 182 Å². The number of ether oxygens (including phenoxy) is 2. The minimum atomic E-state index is -0.484. The maximum atomic E-state index is 12.2. The molecule has 0 unspecified atom stereocenters. The highest BCUT2D eigenvalue weighted by atomic mass is 16.6. The van der Waals surface area contributed by atoms with Gasteiger partial charge in [-0.2, -0.15) is 0 Å². The van der Waals surface area contributed by atoms with Gasteiger partial charge in [-0.25, -0.2) is 14.6 Å². The number of nitrogens with zero attached hydrogens (tertiary/aromatic N) is 4. The van der Waals surface area contributed by atoms with Crippen LogP contribution in [0.5, 0.6) is 5.75 Å². The lowest BCUT2D eigenvalue weighted by Gasteiger charge is -2.33. The van der Waals surface area contributed by atoms with Crippen molar-refractivity contribution < 1.29 is 14.3 Å². The number of amides is 1. The van der Waals surface area contributed by atoms with Crippen molar-refractivity contribution in [3.63, 3.8) is 0 Å². The molecular weight excluding hydrogens is 392 g/mol. The zero-order valence-electron chi connectivity index (χ0n) is 18.0. The van der Waals surface area contributed by atoms with Gasteiger partial charge in [0, 0.05) is 32.1 Å². The summed E-state index contributed by atoms with van der Waals surface area (Å²) >= 11 is 0. The number of carbonyl (C=O) groups excluding carboxylic acids is 1. The van der Waals surface area contributed by atoms with Crippen molar-refractivity contribution in [1.82, 2.24) is 14.5 Å². The molecule has 0 bridgehead atoms. The molecule has 0 atom stereocenters. The van der Waals surface area contributed by atoms with Crippen LogP contribution in [0.3, 0.4) is 0 Å². The molecule has 3 aromatic rings. The van der Waals surface area contributed by atoms with Crippen LogP contribution in [0.2, 0.25) is 0 Å². The van der Waals surface area contributed by atoms with Gasteiger partial charge in [-0.3, -0.25) is 0 Å². The Hall–Kier alpha value is -3.53. The molecule has 7 heteroatoms. The average molecular weight is 418 g/mol. The molecule has 0 aliphatic carbocycles. The Kier molecular flexibility index (Phi) is 5.55. The van der Waals surface area contributed by atoms with E-state index in [2.05, 4.69) is 9.83 Å². The average Bonchev–Trinajstić information content (AvgIpc) is 3.16. The minimum Gasteiger partial charge on any atom is -0.489 e. The van der Waals surface area contributed by atoms with Crippen molar-refractivity contribution >= 4 is 22.7 Å². The van der Waals surface area contributed by atoms with Gasteiger partial charge in [-0.15, -0.1) is 0 Å². The van der Waals surface area contributed by atoms with Crippen LogP contribution in [-0.2, 0) is 4.74 Å². The van der Waals surface area contributed by atoms with Crippen molar-refractivity contribution in [1.29, 1.82) is 0 Å². The van der Waals surface area contributed by atoms with Gasteiger partial charge in [-0.05, 0) is 56.5 Å². The maximum absolute atomic E-state index is 12.2. The van der Waals surface area contributed by atoms with Crippen molar-refractivity contribution in [2.24, 2.45) is 0 Å². The molecule has 0 radical (unpaired) electrons. The van der Waals surface area contributed by atoms with Crippen LogP contribution >= 0.6 is 0 Å². The molecule has 0 saturated carbocycles. The summed E-state index contributed by atoms with van der Waals surface area (Å²) in [4.78, 5) is 22.0. The van der Waals surface area contributed by atoms with Crippen LogP contribution in [0.1, 0.15) is 33.6 Å². The molecule has 160 valence electrons. The summed E-state index contributed by atoms with van der Waals surface area (Å²) in [6, 6.07) is 11.4. The quantitative estimate of drug-likeness (QED) is 0.538. The van der Waals surface area contributed by atoms with Gasteiger partial charge in [0.15, 0.2) is 5.69 Å². The number of piperidine rings is 1. The van der Waals surface area contributed by atoms with E-state index in [1.54, 1.807) is 11.1 Å². The molecule has 1 saturated heterocycles. The highest BCUT2D eigenvalue weighted by molar-refractivity contribution is 5.85. The predicted molar refractivity (Wildman–Crippen MR) is 119 cm³/mol. The van der Waals surface area contributed by atoms with Crippen LogP contribution in [0.4, 0.5) is 10.5 Å². The number of rotatable bonds is 3. The zero-order valence-corrected chi connectivity index (χ0v) is 18.0. The van der Waals surface area contributed by atoms with E-state index < -0.39 is 5.60 Å². The van der Waals surface area contributed by atoms with E-state index in [-0.39, 0.29) is 12.2 Å². The molecule has 1 aliphatic heterocycles. The number of hydrogen-bond donors (Lipinski definition) is 0. The highest BCUT2D eigenvalue weighted by Gasteiger charge is 2.27. The van der Waals surface area contributed by atoms with Crippen LogP contribution in [0.25, 0.3) is 21.6 Å². The zero-order chi connectivity index (χ0) is 22.0. The molecule has 0 N–H and O–H groups in total. The normalized spacial score (nSPS) is 15.0. The molecule has 0 spiro atoms. The molecule has 1 amide bonds. The van der Waals surface area contributed by atoms with Gasteiger partial charge in [0.05, 0.1) is 18.3 Å². The standard InChI is InChI=1S/C24H26N4O3/c1-24(2,3)31-23(29)27-12-10-19(11-13-27)30-20-6-8-22(26-16-20)28-14-9-17-15-18(25-4)5-7-21(17)28/h5-9,14-16,19H,10-13H2,1-3H3. The van der Waals surface area contributed by atoms with E-state index >= 15 is 0 Å². The largest absolute Gasteiger partial charge is 0.489 e. The van der Waals surface area contributed by atoms with E-state index in [0.29, 0.717) is 24.5 Å². The fourth-order valence-electron chi connectivity index (χ4n) is 3.66. The van der Waals surface area contributed by atoms with E-state index in [1.165, 1.54) is 0 Å². The first-order valence-electron chi connectivity index (χ1n) is 10.4. The Morgan fingerprint density at radius 1 is 1.16 bits per heavy atom. The highest BCUT2D eigenvalue weighted by Crippen LogP contribution is 2.26. The van der Waals surface area contributed by atoms with Gasteiger partial charge in [0.25, 0.3) is 0 Å². The topological polar surface area (TPSA) is 61.0 Å². The van der Waals surface area contributed by atoms with Crippen molar-refractivity contribution in [3.8, 4) is 11.6 Å². The summed E-state index contributed by atoms with van der Waals surface area (Å²) in [6.07, 6.45) is 4.98. The van der Waals surface area contributed by atoms with Gasteiger partial charge in [-0.1, -0.05) is 6.07 Å². The molecule has 31 heavy (non-hydrogen) atoms. The SMILES string of the molecule is [C-]#[N+]c1ccc2c(ccn2-c2ccc(OC3CCN(C(=O)OC(C)(C)C)CC3)cn2)c1. The summed E-state index contributed by atoms with van der Waals surface area (Å²) in [6.45, 7) is 14.0. The first kappa shape index (κ1) is 20.7. The van der Waals surface area contributed by atoms with Crippen molar-refractivity contribution in [2.45, 2.75) is 45.3 Å². The summed E-state index contributed by atoms with van der Waals surface area (Å²) in [5.74, 6) is 1.50. The lowest BCUT2D eigenvalue weighted by atomic mass is 10.1. The van der Waals surface area contributed by atoms with Crippen LogP contribution in [0.15, 0.2) is 48.8 Å². The summed E-state index contributed by atoms with van der Waals surface area (Å²) < 4.78 is 13.5.